The van der Waals surface area contributed by atoms with Crippen molar-refractivity contribution >= 4 is 10.0 Å². The molecule has 0 fully saturated rings. The molecule has 0 radical (unpaired) electrons. The van der Waals surface area contributed by atoms with Gasteiger partial charge in [-0.1, -0.05) is 0 Å². The van der Waals surface area contributed by atoms with Gasteiger partial charge in [0, 0.05) is 6.04 Å². The number of sulfonamides is 1. The quantitative estimate of drug-likeness (QED) is 0.502. The topological polar surface area (TPSA) is 125 Å². The van der Waals surface area contributed by atoms with Crippen molar-refractivity contribution in [2.45, 2.75) is 31.3 Å². The van der Waals surface area contributed by atoms with Crippen LogP contribution in [0.4, 0.5) is 0 Å². The van der Waals surface area contributed by atoms with Gasteiger partial charge in [0.1, 0.15) is 17.2 Å². The first kappa shape index (κ1) is 21.5. The molecule has 30 heavy (non-hydrogen) atoms. The summed E-state index contributed by atoms with van der Waals surface area (Å²) in [6.45, 7) is 3.23. The SMILES string of the molecule is COc1ccc(Oc2ccc(S(=O)(=O)N(Cc3[nH]c(=O)[nH]c3O)C(C)C)cc2)cc1. The van der Waals surface area contributed by atoms with Gasteiger partial charge in [-0.3, -0.25) is 4.98 Å². The highest BCUT2D eigenvalue weighted by molar-refractivity contribution is 7.89. The third-order valence-corrected chi connectivity index (χ3v) is 6.43. The zero-order valence-corrected chi connectivity index (χ0v) is 17.6. The Morgan fingerprint density at radius 3 is 1.97 bits per heavy atom. The Morgan fingerprint density at radius 2 is 1.50 bits per heavy atom. The number of ether oxygens (including phenoxy) is 2. The molecular weight excluding hydrogens is 410 g/mol. The van der Waals surface area contributed by atoms with E-state index in [2.05, 4.69) is 9.97 Å². The van der Waals surface area contributed by atoms with Crippen LogP contribution in [-0.2, 0) is 16.6 Å². The molecule has 0 amide bonds. The third-order valence-electron chi connectivity index (χ3n) is 4.40. The van der Waals surface area contributed by atoms with E-state index in [0.717, 1.165) is 0 Å². The number of H-pyrrole nitrogens is 2. The van der Waals surface area contributed by atoms with E-state index in [1.807, 2.05) is 0 Å². The molecule has 3 aromatic rings. The van der Waals surface area contributed by atoms with Gasteiger partial charge in [-0.2, -0.15) is 4.31 Å². The highest BCUT2D eigenvalue weighted by atomic mass is 32.2. The Kier molecular flexibility index (Phi) is 6.18. The molecule has 0 unspecified atom stereocenters. The van der Waals surface area contributed by atoms with Crippen LogP contribution < -0.4 is 15.2 Å². The van der Waals surface area contributed by atoms with Crippen LogP contribution in [0, 0.1) is 0 Å². The van der Waals surface area contributed by atoms with E-state index in [1.165, 1.54) is 16.4 Å². The first-order valence-electron chi connectivity index (χ1n) is 9.14. The van der Waals surface area contributed by atoms with Crippen LogP contribution in [0.25, 0.3) is 0 Å². The molecule has 0 spiro atoms. The van der Waals surface area contributed by atoms with Crippen molar-refractivity contribution < 1.29 is 23.0 Å². The lowest BCUT2D eigenvalue weighted by Crippen LogP contribution is -2.36. The van der Waals surface area contributed by atoms with E-state index < -0.39 is 21.8 Å². The average molecular weight is 433 g/mol. The van der Waals surface area contributed by atoms with Gasteiger partial charge in [-0.15, -0.1) is 0 Å². The molecule has 3 rings (SSSR count). The second kappa shape index (κ2) is 8.64. The second-order valence-electron chi connectivity index (χ2n) is 6.80. The number of aromatic nitrogens is 2. The largest absolute Gasteiger partial charge is 0.497 e. The molecule has 1 heterocycles. The monoisotopic (exact) mass is 433 g/mol. The Bertz CT molecular complexity index is 1150. The number of nitrogens with zero attached hydrogens (tertiary/aromatic N) is 1. The van der Waals surface area contributed by atoms with Gasteiger partial charge >= 0.3 is 5.69 Å². The van der Waals surface area contributed by atoms with Crippen LogP contribution in [0.15, 0.2) is 58.2 Å². The second-order valence-corrected chi connectivity index (χ2v) is 8.69. The van der Waals surface area contributed by atoms with Crippen LogP contribution >= 0.6 is 0 Å². The van der Waals surface area contributed by atoms with Gasteiger partial charge in [-0.25, -0.2) is 13.2 Å². The molecule has 0 saturated carbocycles. The van der Waals surface area contributed by atoms with Crippen molar-refractivity contribution in [3.05, 3.63) is 64.7 Å². The zero-order valence-electron chi connectivity index (χ0n) is 16.7. The molecule has 0 atom stereocenters. The molecule has 0 saturated heterocycles. The van der Waals surface area contributed by atoms with Gasteiger partial charge in [0.2, 0.25) is 15.9 Å². The lowest BCUT2D eigenvalue weighted by Gasteiger charge is -2.25. The molecule has 3 N–H and O–H groups in total. The van der Waals surface area contributed by atoms with Gasteiger partial charge in [0.15, 0.2) is 0 Å². The van der Waals surface area contributed by atoms with E-state index in [1.54, 1.807) is 57.4 Å². The number of aromatic hydroxyl groups is 1. The van der Waals surface area contributed by atoms with Crippen LogP contribution in [0.1, 0.15) is 19.5 Å². The van der Waals surface area contributed by atoms with E-state index >= 15 is 0 Å². The number of imidazole rings is 1. The van der Waals surface area contributed by atoms with Gasteiger partial charge in [0.05, 0.1) is 24.2 Å². The standard InChI is InChI=1S/C20H23N3O6S/c1-13(2)23(12-18-19(24)22-20(25)21-18)30(26,27)17-10-8-16(9-11-17)29-15-6-4-14(28-3)5-7-15/h4-11,13,24H,12H2,1-3H3,(H2,21,22,25). The van der Waals surface area contributed by atoms with Crippen molar-refractivity contribution in [1.82, 2.24) is 14.3 Å². The molecule has 0 aliphatic heterocycles. The van der Waals surface area contributed by atoms with E-state index in [9.17, 15) is 18.3 Å². The predicted molar refractivity (Wildman–Crippen MR) is 110 cm³/mol. The van der Waals surface area contributed by atoms with Crippen molar-refractivity contribution in [3.63, 3.8) is 0 Å². The van der Waals surface area contributed by atoms with Crippen LogP contribution in [0.2, 0.25) is 0 Å². The van der Waals surface area contributed by atoms with Crippen LogP contribution in [0.5, 0.6) is 23.1 Å². The summed E-state index contributed by atoms with van der Waals surface area (Å²) in [5, 5.41) is 9.78. The number of aromatic amines is 2. The Labute approximate surface area is 174 Å². The number of hydrogen-bond donors (Lipinski definition) is 3. The lowest BCUT2D eigenvalue weighted by molar-refractivity contribution is 0.337. The summed E-state index contributed by atoms with van der Waals surface area (Å²) >= 11 is 0. The fourth-order valence-corrected chi connectivity index (χ4v) is 4.43. The first-order chi connectivity index (χ1) is 14.2. The fraction of sp³-hybridized carbons (Fsp3) is 0.250. The summed E-state index contributed by atoms with van der Waals surface area (Å²) in [5.74, 6) is 1.38. The summed E-state index contributed by atoms with van der Waals surface area (Å²) in [4.78, 5) is 16.0. The molecule has 1 aromatic heterocycles. The van der Waals surface area contributed by atoms with Crippen molar-refractivity contribution in [2.24, 2.45) is 0 Å². The van der Waals surface area contributed by atoms with Crippen molar-refractivity contribution in [3.8, 4) is 23.1 Å². The predicted octanol–water partition coefficient (Wildman–Crippen LogP) is 2.81. The average Bonchev–Trinajstić information content (AvgIpc) is 3.03. The number of rotatable bonds is 8. The smallest absolute Gasteiger partial charge is 0.326 e. The molecule has 160 valence electrons. The number of benzene rings is 2. The maximum absolute atomic E-state index is 13.1. The van der Waals surface area contributed by atoms with Crippen LogP contribution in [0.3, 0.4) is 0 Å². The molecular formula is C20H23N3O6S. The summed E-state index contributed by atoms with van der Waals surface area (Å²) in [5.41, 5.74) is -0.514. The number of nitrogens with one attached hydrogen (secondary N) is 2. The molecule has 9 nitrogen and oxygen atoms in total. The van der Waals surface area contributed by atoms with E-state index in [-0.39, 0.29) is 23.0 Å². The highest BCUT2D eigenvalue weighted by Crippen LogP contribution is 2.27. The summed E-state index contributed by atoms with van der Waals surface area (Å²) in [7, 11) is -2.32. The van der Waals surface area contributed by atoms with Gasteiger partial charge < -0.3 is 19.6 Å². The molecule has 2 aromatic carbocycles. The van der Waals surface area contributed by atoms with Crippen molar-refractivity contribution in [1.29, 1.82) is 0 Å². The third kappa shape index (κ3) is 4.66. The first-order valence-corrected chi connectivity index (χ1v) is 10.6. The molecule has 0 bridgehead atoms. The van der Waals surface area contributed by atoms with Gasteiger partial charge in [-0.05, 0) is 62.4 Å². The summed E-state index contributed by atoms with van der Waals surface area (Å²) in [6, 6.07) is 12.6. The van der Waals surface area contributed by atoms with Crippen molar-refractivity contribution in [2.75, 3.05) is 7.11 Å². The molecule has 0 aliphatic rings. The minimum atomic E-state index is -3.89. The van der Waals surface area contributed by atoms with E-state index in [0.29, 0.717) is 17.2 Å². The summed E-state index contributed by atoms with van der Waals surface area (Å²) < 4.78 is 38.3. The molecule has 0 aliphatic carbocycles. The number of methoxy groups -OCH3 is 1. The normalized spacial score (nSPS) is 11.8. The maximum atomic E-state index is 13.1. The minimum Gasteiger partial charge on any atom is -0.497 e. The summed E-state index contributed by atoms with van der Waals surface area (Å²) in [6.07, 6.45) is 0. The Morgan fingerprint density at radius 1 is 0.967 bits per heavy atom. The van der Waals surface area contributed by atoms with Gasteiger partial charge in [0.25, 0.3) is 0 Å². The lowest BCUT2D eigenvalue weighted by atomic mass is 10.3. The Hall–Kier alpha value is -3.24. The zero-order chi connectivity index (χ0) is 21.9. The highest BCUT2D eigenvalue weighted by Gasteiger charge is 2.28. The minimum absolute atomic E-state index is 0.0654. The maximum Gasteiger partial charge on any atom is 0.326 e. The fourth-order valence-electron chi connectivity index (χ4n) is 2.82. The Balaban J connectivity index is 1.81. The molecule has 10 heteroatoms. The van der Waals surface area contributed by atoms with Crippen LogP contribution in [-0.4, -0.2) is 40.9 Å². The van der Waals surface area contributed by atoms with E-state index in [4.69, 9.17) is 9.47 Å². The number of hydrogen-bond acceptors (Lipinski definition) is 6.